The highest BCUT2D eigenvalue weighted by atomic mass is 16.6. The molecule has 0 radical (unpaired) electrons. The topological polar surface area (TPSA) is 120 Å². The summed E-state index contributed by atoms with van der Waals surface area (Å²) < 4.78 is 11.8. The number of hydrogen-bond donors (Lipinski definition) is 1. The van der Waals surface area contributed by atoms with Gasteiger partial charge in [-0.3, -0.25) is 20.2 Å². The molecule has 0 spiro atoms. The van der Waals surface area contributed by atoms with Gasteiger partial charge in [-0.15, -0.1) is 0 Å². The summed E-state index contributed by atoms with van der Waals surface area (Å²) >= 11 is 0. The first-order chi connectivity index (χ1) is 32.2. The van der Waals surface area contributed by atoms with E-state index in [0.29, 0.717) is 32.4 Å². The molecule has 0 saturated carbocycles. The minimum Gasteiger partial charge on any atom is -0.491 e. The third kappa shape index (κ3) is 12.0. The molecule has 0 amide bonds. The Morgan fingerprint density at radius 1 is 0.657 bits per heavy atom. The molecule has 1 heterocycles. The summed E-state index contributed by atoms with van der Waals surface area (Å²) in [6.45, 7) is 13.6. The van der Waals surface area contributed by atoms with Crippen LogP contribution < -0.4 is 19.7 Å². The summed E-state index contributed by atoms with van der Waals surface area (Å²) in [5.74, 6) is 1.66. The van der Waals surface area contributed by atoms with Gasteiger partial charge in [0.1, 0.15) is 11.5 Å². The van der Waals surface area contributed by atoms with E-state index in [2.05, 4.69) is 90.8 Å². The summed E-state index contributed by atoms with van der Waals surface area (Å²) in [5.41, 5.74) is 8.06. The van der Waals surface area contributed by atoms with Gasteiger partial charge in [0.15, 0.2) is 0 Å². The van der Waals surface area contributed by atoms with Crippen LogP contribution in [0.1, 0.15) is 81.3 Å². The molecule has 1 aliphatic rings. The maximum absolute atomic E-state index is 12.6. The number of hydrogen-bond acceptors (Lipinski definition) is 8. The smallest absolute Gasteiger partial charge is 0.269 e. The van der Waals surface area contributed by atoms with Crippen molar-refractivity contribution in [3.8, 4) is 11.5 Å². The Labute approximate surface area is 395 Å². The number of allylic oxidation sites excluding steroid dienone is 4. The van der Waals surface area contributed by atoms with Crippen molar-refractivity contribution in [3.05, 3.63) is 223 Å². The second kappa shape index (κ2) is 21.4. The maximum Gasteiger partial charge on any atom is 0.269 e. The van der Waals surface area contributed by atoms with E-state index >= 15 is 0 Å². The molecule has 67 heavy (non-hydrogen) atoms. The van der Waals surface area contributed by atoms with Gasteiger partial charge in [0.05, 0.1) is 22.1 Å². The number of ether oxygens (including phenoxy) is 2. The van der Waals surface area contributed by atoms with Gasteiger partial charge in [0, 0.05) is 65.3 Å². The fourth-order valence-electron chi connectivity index (χ4n) is 9.29. The van der Waals surface area contributed by atoms with Gasteiger partial charge in [-0.1, -0.05) is 111 Å². The minimum absolute atomic E-state index is 0.0372. The van der Waals surface area contributed by atoms with Crippen molar-refractivity contribution in [1.29, 1.82) is 0 Å². The number of nitrogens with one attached hydrogen (secondary N) is 1. The van der Waals surface area contributed by atoms with Crippen molar-refractivity contribution in [2.75, 3.05) is 23.3 Å². The number of benzene rings is 6. The fraction of sp³-hybridized carbons (Fsp3) is 0.298. The van der Waals surface area contributed by atoms with E-state index in [-0.39, 0.29) is 33.4 Å². The molecule has 0 fully saturated rings. The highest BCUT2D eigenvalue weighted by Gasteiger charge is 2.41. The van der Waals surface area contributed by atoms with Crippen LogP contribution in [0.3, 0.4) is 0 Å². The van der Waals surface area contributed by atoms with E-state index in [1.165, 1.54) is 0 Å². The van der Waals surface area contributed by atoms with Crippen LogP contribution in [-0.2, 0) is 36.5 Å². The second-order valence-electron chi connectivity index (χ2n) is 18.6. The number of fused-ring (bicyclic) bond motifs is 1. The van der Waals surface area contributed by atoms with Crippen LogP contribution in [0.5, 0.6) is 11.5 Å². The quantitative estimate of drug-likeness (QED) is 0.0560. The molecule has 346 valence electrons. The Morgan fingerprint density at radius 3 is 1.72 bits per heavy atom. The number of anilines is 2. The van der Waals surface area contributed by atoms with Gasteiger partial charge in [0.25, 0.3) is 11.4 Å². The molecule has 0 saturated heterocycles. The van der Waals surface area contributed by atoms with Crippen molar-refractivity contribution in [2.24, 2.45) is 0 Å². The summed E-state index contributed by atoms with van der Waals surface area (Å²) in [5, 5.41) is 28.3. The van der Waals surface area contributed by atoms with Crippen LogP contribution in [0.25, 0.3) is 0 Å². The van der Waals surface area contributed by atoms with Gasteiger partial charge in [0.2, 0.25) is 0 Å². The van der Waals surface area contributed by atoms with Crippen molar-refractivity contribution in [1.82, 2.24) is 0 Å². The zero-order valence-electron chi connectivity index (χ0n) is 39.5. The Kier molecular flexibility index (Phi) is 15.3. The monoisotopic (exact) mass is 898 g/mol. The third-order valence-corrected chi connectivity index (χ3v) is 12.5. The van der Waals surface area contributed by atoms with E-state index < -0.39 is 10.8 Å². The van der Waals surface area contributed by atoms with E-state index in [1.54, 1.807) is 24.3 Å². The first-order valence-electron chi connectivity index (χ1n) is 23.3. The lowest BCUT2D eigenvalue weighted by atomic mass is 9.68. The Balaban J connectivity index is 1.27. The predicted molar refractivity (Wildman–Crippen MR) is 271 cm³/mol. The number of non-ortho nitro benzene ring substituents is 2. The molecule has 7 rings (SSSR count). The van der Waals surface area contributed by atoms with E-state index in [0.717, 1.165) is 74.8 Å². The zero-order chi connectivity index (χ0) is 47.6. The molecule has 10 heteroatoms. The number of nitro groups is 2. The fourth-order valence-corrected chi connectivity index (χ4v) is 9.29. The number of nitro benzene ring substituents is 2. The van der Waals surface area contributed by atoms with Crippen LogP contribution in [0.4, 0.5) is 22.7 Å². The van der Waals surface area contributed by atoms with Crippen molar-refractivity contribution < 1.29 is 19.3 Å². The molecule has 0 aliphatic carbocycles. The second-order valence-corrected chi connectivity index (χ2v) is 18.6. The molecule has 0 bridgehead atoms. The van der Waals surface area contributed by atoms with Crippen LogP contribution in [0.2, 0.25) is 0 Å². The lowest BCUT2D eigenvalue weighted by Crippen LogP contribution is -2.33. The van der Waals surface area contributed by atoms with Crippen molar-refractivity contribution in [3.63, 3.8) is 0 Å². The molecule has 6 aromatic rings. The van der Waals surface area contributed by atoms with Crippen LogP contribution >= 0.6 is 0 Å². The summed E-state index contributed by atoms with van der Waals surface area (Å²) in [4.78, 5) is 26.2. The van der Waals surface area contributed by atoms with Gasteiger partial charge >= 0.3 is 0 Å². The molecule has 0 aromatic heterocycles. The highest BCUT2D eigenvalue weighted by Crippen LogP contribution is 2.49. The molecule has 6 aromatic carbocycles. The number of rotatable bonds is 21. The molecule has 10 nitrogen and oxygen atoms in total. The van der Waals surface area contributed by atoms with Gasteiger partial charge in [-0.05, 0) is 136 Å². The van der Waals surface area contributed by atoms with Gasteiger partial charge < -0.3 is 19.7 Å². The standard InChI is InChI=1S/C57H62N4O6/c1-41(2)66-49-26-20-43(21-27-49)32-35-58-53-30-24-47(60(62)63)37-51(53)57(39-45-15-9-7-10-16-45,40-46-17-11-8-12-18-46)34-14-13-19-55-56(5,6)52-38-48(61(64)65)25-31-54(52)59(55)36-33-44-22-28-50(29-23-44)67-42(3)4/h7-31,37-38,41-42,58H,32-36,39-40H2,1-6H3/b14-13+,55-19+. The van der Waals surface area contributed by atoms with E-state index in [1.807, 2.05) is 100 Å². The lowest BCUT2D eigenvalue weighted by Gasteiger charge is -2.36. The van der Waals surface area contributed by atoms with Crippen LogP contribution in [0.15, 0.2) is 170 Å². The Hall–Kier alpha value is -7.20. The van der Waals surface area contributed by atoms with Crippen LogP contribution in [-0.4, -0.2) is 35.1 Å². The summed E-state index contributed by atoms with van der Waals surface area (Å²) in [7, 11) is 0. The zero-order valence-corrected chi connectivity index (χ0v) is 39.5. The normalized spacial score (nSPS) is 13.9. The molecule has 1 aliphatic heterocycles. The van der Waals surface area contributed by atoms with Crippen molar-refractivity contribution >= 4 is 22.7 Å². The maximum atomic E-state index is 12.6. The summed E-state index contributed by atoms with van der Waals surface area (Å²) in [6.07, 6.45) is 9.87. The molecular weight excluding hydrogens is 837 g/mol. The Morgan fingerprint density at radius 2 is 1.18 bits per heavy atom. The largest absolute Gasteiger partial charge is 0.491 e. The first kappa shape index (κ1) is 47.8. The summed E-state index contributed by atoms with van der Waals surface area (Å²) in [6, 6.07) is 47.4. The highest BCUT2D eigenvalue weighted by molar-refractivity contribution is 5.73. The minimum atomic E-state index is -0.637. The average molecular weight is 899 g/mol. The van der Waals surface area contributed by atoms with E-state index in [9.17, 15) is 20.2 Å². The number of nitrogens with zero attached hydrogens (tertiary/aromatic N) is 3. The average Bonchev–Trinajstić information content (AvgIpc) is 3.52. The molecular formula is C57H62N4O6. The van der Waals surface area contributed by atoms with Gasteiger partial charge in [-0.2, -0.15) is 0 Å². The van der Waals surface area contributed by atoms with Crippen molar-refractivity contribution in [2.45, 2.75) is 96.7 Å². The first-order valence-corrected chi connectivity index (χ1v) is 23.3. The lowest BCUT2D eigenvalue weighted by molar-refractivity contribution is -0.385. The Bertz CT molecular complexity index is 2630. The van der Waals surface area contributed by atoms with Gasteiger partial charge in [-0.25, -0.2) is 0 Å². The van der Waals surface area contributed by atoms with E-state index in [4.69, 9.17) is 9.47 Å². The third-order valence-electron chi connectivity index (χ3n) is 12.5. The predicted octanol–water partition coefficient (Wildman–Crippen LogP) is 13.3. The van der Waals surface area contributed by atoms with Crippen LogP contribution in [0, 0.1) is 20.2 Å². The molecule has 0 atom stereocenters. The molecule has 0 unspecified atom stereocenters. The SMILES string of the molecule is CC(C)Oc1ccc(CCNc2ccc([N+](=O)[O-])cc2C(C/C=C/C=C2/N(CCc3ccc(OC(C)C)cc3)c3ccc([N+](=O)[O-])cc3C2(C)C)(Cc2ccccc2)Cc2ccccc2)cc1. The molecule has 1 N–H and O–H groups in total.